The van der Waals surface area contributed by atoms with Gasteiger partial charge < -0.3 is 14.6 Å². The van der Waals surface area contributed by atoms with Gasteiger partial charge in [0.05, 0.1) is 23.9 Å². The highest BCUT2D eigenvalue weighted by molar-refractivity contribution is 7.98. The maximum atomic E-state index is 5.87. The maximum absolute atomic E-state index is 5.87. The zero-order chi connectivity index (χ0) is 16.2. The summed E-state index contributed by atoms with van der Waals surface area (Å²) in [6, 6.07) is 0. The molecule has 0 bridgehead atoms. The molecule has 24 heavy (non-hydrogen) atoms. The van der Waals surface area contributed by atoms with Gasteiger partial charge in [-0.2, -0.15) is 0 Å². The lowest BCUT2D eigenvalue weighted by molar-refractivity contribution is 0.0936. The molecule has 2 fully saturated rings. The van der Waals surface area contributed by atoms with Gasteiger partial charge in [0, 0.05) is 23.7 Å². The molecule has 0 aliphatic carbocycles. The Morgan fingerprint density at radius 2 is 2.21 bits per heavy atom. The molecule has 1 N–H and O–H groups in total. The van der Waals surface area contributed by atoms with Crippen LogP contribution < -0.4 is 5.32 Å². The van der Waals surface area contributed by atoms with Crippen LogP contribution in [0.25, 0.3) is 0 Å². The number of nitrogens with zero attached hydrogens (tertiary/aromatic N) is 4. The summed E-state index contributed by atoms with van der Waals surface area (Å²) in [5.74, 6) is 2.50. The summed E-state index contributed by atoms with van der Waals surface area (Å²) in [6.45, 7) is 3.90. The van der Waals surface area contributed by atoms with E-state index in [1.165, 1.54) is 0 Å². The standard InChI is InChI=1S/C16H23N5OS2/c1-2-14(22-7-1)8-21-15(12-3-5-17-6-4-12)19-20-16(21)24-10-13-9-23-11-18-13/h9,11-12,14,17H,1-8,10H2/t14-/m1/s1. The summed E-state index contributed by atoms with van der Waals surface area (Å²) in [6.07, 6.45) is 4.89. The van der Waals surface area contributed by atoms with Crippen molar-refractivity contribution >= 4 is 23.1 Å². The van der Waals surface area contributed by atoms with Gasteiger partial charge in [0.15, 0.2) is 5.16 Å². The Morgan fingerprint density at radius 3 is 2.96 bits per heavy atom. The van der Waals surface area contributed by atoms with E-state index in [4.69, 9.17) is 4.74 Å². The van der Waals surface area contributed by atoms with Crippen LogP contribution in [0.5, 0.6) is 0 Å². The molecule has 0 radical (unpaired) electrons. The van der Waals surface area contributed by atoms with Gasteiger partial charge in [-0.25, -0.2) is 4.98 Å². The van der Waals surface area contributed by atoms with Gasteiger partial charge in [-0.1, -0.05) is 11.8 Å². The average Bonchev–Trinajstić information content (AvgIpc) is 3.37. The number of hydrogen-bond acceptors (Lipinski definition) is 7. The molecule has 2 aromatic heterocycles. The Kier molecular flexibility index (Phi) is 5.46. The molecule has 0 spiro atoms. The van der Waals surface area contributed by atoms with Crippen molar-refractivity contribution in [2.75, 3.05) is 19.7 Å². The molecule has 2 aromatic rings. The number of nitrogens with one attached hydrogen (secondary N) is 1. The second kappa shape index (κ2) is 7.95. The lowest BCUT2D eigenvalue weighted by atomic mass is 9.97. The van der Waals surface area contributed by atoms with Gasteiger partial charge in [0.1, 0.15) is 5.82 Å². The van der Waals surface area contributed by atoms with Crippen LogP contribution in [0.3, 0.4) is 0 Å². The quantitative estimate of drug-likeness (QED) is 0.794. The first-order valence-electron chi connectivity index (χ1n) is 8.65. The van der Waals surface area contributed by atoms with E-state index in [0.717, 1.165) is 74.4 Å². The van der Waals surface area contributed by atoms with Crippen LogP contribution in [0.1, 0.15) is 43.1 Å². The third kappa shape index (κ3) is 3.82. The number of ether oxygens (including phenoxy) is 1. The first-order valence-corrected chi connectivity index (χ1v) is 10.6. The largest absolute Gasteiger partial charge is 0.376 e. The van der Waals surface area contributed by atoms with Crippen LogP contribution in [0.4, 0.5) is 0 Å². The van der Waals surface area contributed by atoms with Crippen LogP contribution in [0.15, 0.2) is 16.0 Å². The number of thioether (sulfide) groups is 1. The molecule has 2 aliphatic heterocycles. The van der Waals surface area contributed by atoms with Crippen molar-refractivity contribution in [3.63, 3.8) is 0 Å². The van der Waals surface area contributed by atoms with Gasteiger partial charge in [0.25, 0.3) is 0 Å². The lowest BCUT2D eigenvalue weighted by Gasteiger charge is -2.23. The zero-order valence-electron chi connectivity index (χ0n) is 13.7. The van der Waals surface area contributed by atoms with Crippen LogP contribution in [0, 0.1) is 0 Å². The van der Waals surface area contributed by atoms with E-state index >= 15 is 0 Å². The highest BCUT2D eigenvalue weighted by atomic mass is 32.2. The Labute approximate surface area is 150 Å². The highest BCUT2D eigenvalue weighted by Gasteiger charge is 2.26. The molecule has 0 unspecified atom stereocenters. The van der Waals surface area contributed by atoms with Gasteiger partial charge in [-0.3, -0.25) is 0 Å². The first kappa shape index (κ1) is 16.5. The molecule has 4 rings (SSSR count). The average molecular weight is 366 g/mol. The van der Waals surface area contributed by atoms with Crippen LogP contribution >= 0.6 is 23.1 Å². The number of rotatable bonds is 6. The molecule has 0 aromatic carbocycles. The van der Waals surface area contributed by atoms with Crippen LogP contribution in [-0.4, -0.2) is 45.5 Å². The summed E-state index contributed by atoms with van der Waals surface area (Å²) in [5.41, 5.74) is 2.99. The van der Waals surface area contributed by atoms with Crippen molar-refractivity contribution in [3.05, 3.63) is 22.4 Å². The van der Waals surface area contributed by atoms with Crippen molar-refractivity contribution in [2.45, 2.75) is 55.2 Å². The third-order valence-electron chi connectivity index (χ3n) is 4.69. The Morgan fingerprint density at radius 1 is 1.29 bits per heavy atom. The first-order chi connectivity index (χ1) is 11.9. The van der Waals surface area contributed by atoms with Gasteiger partial charge in [0.2, 0.25) is 0 Å². The van der Waals surface area contributed by atoms with E-state index in [-0.39, 0.29) is 0 Å². The molecule has 2 aliphatic rings. The predicted molar refractivity (Wildman–Crippen MR) is 95.5 cm³/mol. The molecule has 6 nitrogen and oxygen atoms in total. The fourth-order valence-electron chi connectivity index (χ4n) is 3.40. The molecular formula is C16H23N5OS2. The molecular weight excluding hydrogens is 342 g/mol. The van der Waals surface area contributed by atoms with Crippen LogP contribution in [0.2, 0.25) is 0 Å². The van der Waals surface area contributed by atoms with E-state index in [1.807, 2.05) is 5.51 Å². The highest BCUT2D eigenvalue weighted by Crippen LogP contribution is 2.30. The number of thiazole rings is 1. The van der Waals surface area contributed by atoms with Crippen molar-refractivity contribution < 1.29 is 4.74 Å². The molecule has 8 heteroatoms. The molecule has 4 heterocycles. The van der Waals surface area contributed by atoms with Crippen molar-refractivity contribution in [2.24, 2.45) is 0 Å². The normalized spacial score (nSPS) is 22.2. The minimum Gasteiger partial charge on any atom is -0.376 e. The van der Waals surface area contributed by atoms with E-state index in [1.54, 1.807) is 23.1 Å². The van der Waals surface area contributed by atoms with Crippen molar-refractivity contribution in [1.29, 1.82) is 0 Å². The zero-order valence-corrected chi connectivity index (χ0v) is 15.3. The monoisotopic (exact) mass is 365 g/mol. The molecule has 0 saturated carbocycles. The summed E-state index contributed by atoms with van der Waals surface area (Å²) >= 11 is 3.37. The Hall–Kier alpha value is -0.960. The Bertz CT molecular complexity index is 633. The summed E-state index contributed by atoms with van der Waals surface area (Å²) in [5, 5.41) is 15.6. The van der Waals surface area contributed by atoms with E-state index < -0.39 is 0 Å². The summed E-state index contributed by atoms with van der Waals surface area (Å²) < 4.78 is 8.19. The maximum Gasteiger partial charge on any atom is 0.191 e. The fraction of sp³-hybridized carbons (Fsp3) is 0.688. The van der Waals surface area contributed by atoms with Crippen LogP contribution in [-0.2, 0) is 17.0 Å². The van der Waals surface area contributed by atoms with Crippen molar-refractivity contribution in [1.82, 2.24) is 25.1 Å². The second-order valence-electron chi connectivity index (χ2n) is 6.38. The predicted octanol–water partition coefficient (Wildman–Crippen LogP) is 2.67. The third-order valence-corrected chi connectivity index (χ3v) is 6.33. The molecule has 0 amide bonds. The minimum atomic E-state index is 0.306. The smallest absolute Gasteiger partial charge is 0.191 e. The van der Waals surface area contributed by atoms with E-state index in [2.05, 4.69) is 30.4 Å². The van der Waals surface area contributed by atoms with Gasteiger partial charge in [-0.05, 0) is 38.8 Å². The minimum absolute atomic E-state index is 0.306. The SMILES string of the molecule is c1nc(CSc2nnc(C3CCNCC3)n2C[C@H]2CCCO2)cs1. The topological polar surface area (TPSA) is 64.9 Å². The number of hydrogen-bond donors (Lipinski definition) is 1. The number of aromatic nitrogens is 4. The Balaban J connectivity index is 1.53. The fourth-order valence-corrected chi connectivity index (χ4v) is 4.92. The molecule has 1 atom stereocenters. The van der Waals surface area contributed by atoms with E-state index in [9.17, 15) is 0 Å². The lowest BCUT2D eigenvalue weighted by Crippen LogP contribution is -2.29. The number of piperidine rings is 1. The second-order valence-corrected chi connectivity index (χ2v) is 8.04. The van der Waals surface area contributed by atoms with Crippen molar-refractivity contribution in [3.8, 4) is 0 Å². The van der Waals surface area contributed by atoms with Gasteiger partial charge >= 0.3 is 0 Å². The molecule has 2 saturated heterocycles. The van der Waals surface area contributed by atoms with Gasteiger partial charge in [-0.15, -0.1) is 21.5 Å². The summed E-state index contributed by atoms with van der Waals surface area (Å²) in [4.78, 5) is 4.37. The van der Waals surface area contributed by atoms with E-state index in [0.29, 0.717) is 12.0 Å². The molecule has 130 valence electrons. The summed E-state index contributed by atoms with van der Waals surface area (Å²) in [7, 11) is 0.